The number of quaternary nitrogens is 1. The number of hydrogen-bond donors (Lipinski definition) is 2. The van der Waals surface area contributed by atoms with E-state index in [2.05, 4.69) is 10.4 Å². The molecule has 0 bridgehead atoms. The van der Waals surface area contributed by atoms with Crippen LogP contribution < -0.4 is 10.5 Å². The van der Waals surface area contributed by atoms with Gasteiger partial charge in [0.2, 0.25) is 5.91 Å². The fourth-order valence-corrected chi connectivity index (χ4v) is 2.46. The Balaban J connectivity index is 2.15. The van der Waals surface area contributed by atoms with Crippen molar-refractivity contribution in [2.75, 3.05) is 5.32 Å². The quantitative estimate of drug-likeness (QED) is 0.614. The fourth-order valence-electron chi connectivity index (χ4n) is 2.46. The number of anilines is 1. The first-order valence-corrected chi connectivity index (χ1v) is 7.46. The first-order valence-electron chi connectivity index (χ1n) is 7.46. The van der Waals surface area contributed by atoms with Crippen molar-refractivity contribution in [3.63, 3.8) is 0 Å². The molecule has 1 aromatic carbocycles. The molecule has 2 amide bonds. The van der Waals surface area contributed by atoms with Gasteiger partial charge in [0.1, 0.15) is 11.5 Å². The maximum atomic E-state index is 11.5. The molecule has 2 unspecified atom stereocenters. The fraction of sp³-hybridized carbons (Fsp3) is 0.375. The number of carbonyl (C=O) groups excluding carboxylic acids is 3. The standard InChI is InChI=1S/C16H19N3O4/c1-3-11-9-15(22)19(23)18-16(11)12-4-6-13(7-5-12)17-14(21)8-10(2)20/h4-7,11,19H,3,8-9H2,1-2H3,(H,17,21). The van der Waals surface area contributed by atoms with Crippen LogP contribution in [0.3, 0.4) is 0 Å². The zero-order chi connectivity index (χ0) is 17.0. The van der Waals surface area contributed by atoms with Crippen LogP contribution in [0, 0.1) is 11.1 Å². The SMILES string of the molecule is CCC1CC(=O)[NH+]([O-])N=C1c1ccc(NC(=O)CC(C)=O)cc1. The number of ketones is 1. The number of benzene rings is 1. The minimum atomic E-state index is -0.705. The number of nitrogens with one attached hydrogen (secondary N) is 2. The third kappa shape index (κ3) is 4.30. The molecule has 2 atom stereocenters. The maximum Gasteiger partial charge on any atom is 0.338 e. The lowest BCUT2D eigenvalue weighted by molar-refractivity contribution is -0.774. The molecule has 1 heterocycles. The molecule has 0 aliphatic carbocycles. The summed E-state index contributed by atoms with van der Waals surface area (Å²) in [5.74, 6) is -1.09. The molecule has 2 rings (SSSR count). The van der Waals surface area contributed by atoms with Gasteiger partial charge in [0.25, 0.3) is 0 Å². The average Bonchev–Trinajstić information content (AvgIpc) is 2.49. The molecule has 1 aromatic rings. The van der Waals surface area contributed by atoms with Gasteiger partial charge in [-0.15, -0.1) is 0 Å². The van der Waals surface area contributed by atoms with Crippen LogP contribution in [0.15, 0.2) is 29.4 Å². The summed E-state index contributed by atoms with van der Waals surface area (Å²) < 4.78 is 0. The van der Waals surface area contributed by atoms with Gasteiger partial charge < -0.3 is 10.5 Å². The van der Waals surface area contributed by atoms with Crippen molar-refractivity contribution >= 4 is 29.0 Å². The highest BCUT2D eigenvalue weighted by Crippen LogP contribution is 2.20. The number of nitrogens with zero attached hydrogens (tertiary/aromatic N) is 1. The van der Waals surface area contributed by atoms with E-state index in [9.17, 15) is 19.6 Å². The number of carbonyl (C=O) groups is 3. The molecule has 0 fully saturated rings. The monoisotopic (exact) mass is 317 g/mol. The third-order valence-corrected chi connectivity index (χ3v) is 3.65. The molecule has 2 N–H and O–H groups in total. The molecule has 122 valence electrons. The van der Waals surface area contributed by atoms with Gasteiger partial charge in [0.15, 0.2) is 0 Å². The summed E-state index contributed by atoms with van der Waals surface area (Å²) >= 11 is 0. The van der Waals surface area contributed by atoms with Gasteiger partial charge in [0, 0.05) is 17.2 Å². The van der Waals surface area contributed by atoms with Crippen LogP contribution >= 0.6 is 0 Å². The van der Waals surface area contributed by atoms with Crippen molar-refractivity contribution in [1.82, 2.24) is 0 Å². The van der Waals surface area contributed by atoms with Crippen molar-refractivity contribution in [1.29, 1.82) is 0 Å². The molecule has 7 nitrogen and oxygen atoms in total. The molecule has 7 heteroatoms. The minimum Gasteiger partial charge on any atom is -0.599 e. The Morgan fingerprint density at radius 1 is 1.35 bits per heavy atom. The zero-order valence-corrected chi connectivity index (χ0v) is 13.1. The van der Waals surface area contributed by atoms with E-state index in [4.69, 9.17) is 0 Å². The summed E-state index contributed by atoms with van der Waals surface area (Å²) in [6.45, 7) is 3.30. The smallest absolute Gasteiger partial charge is 0.338 e. The number of Topliss-reactive ketones (excluding diaryl/α,β-unsaturated/α-hetero) is 1. The van der Waals surface area contributed by atoms with E-state index in [1.807, 2.05) is 6.92 Å². The van der Waals surface area contributed by atoms with E-state index in [1.165, 1.54) is 6.92 Å². The van der Waals surface area contributed by atoms with Crippen LogP contribution in [0.2, 0.25) is 0 Å². The van der Waals surface area contributed by atoms with Crippen LogP contribution in [0.4, 0.5) is 5.69 Å². The molecule has 23 heavy (non-hydrogen) atoms. The number of hydrogen-bond acceptors (Lipinski definition) is 5. The van der Waals surface area contributed by atoms with Crippen molar-refractivity contribution < 1.29 is 19.6 Å². The van der Waals surface area contributed by atoms with Crippen molar-refractivity contribution in [3.8, 4) is 0 Å². The normalized spacial score (nSPS) is 20.8. The second-order valence-electron chi connectivity index (χ2n) is 5.54. The Hall–Kier alpha value is -2.38. The summed E-state index contributed by atoms with van der Waals surface area (Å²) in [6.07, 6.45) is 0.739. The number of rotatable bonds is 5. The lowest BCUT2D eigenvalue weighted by Crippen LogP contribution is -3.06. The number of amides is 2. The summed E-state index contributed by atoms with van der Waals surface area (Å²) in [7, 11) is 0. The highest BCUT2D eigenvalue weighted by Gasteiger charge is 2.29. The van der Waals surface area contributed by atoms with E-state index in [1.54, 1.807) is 24.3 Å². The van der Waals surface area contributed by atoms with E-state index in [-0.39, 0.29) is 30.4 Å². The molecule has 1 aliphatic heterocycles. The van der Waals surface area contributed by atoms with Gasteiger partial charge in [-0.05, 0) is 25.5 Å². The number of hydroxylamine groups is 1. The van der Waals surface area contributed by atoms with E-state index in [0.29, 0.717) is 11.4 Å². The summed E-state index contributed by atoms with van der Waals surface area (Å²) in [6, 6.07) is 6.86. The maximum absolute atomic E-state index is 11.5. The molecular weight excluding hydrogens is 298 g/mol. The predicted octanol–water partition coefficient (Wildman–Crippen LogP) is 0.647. The highest BCUT2D eigenvalue weighted by molar-refractivity contribution is 6.05. The van der Waals surface area contributed by atoms with Crippen molar-refractivity contribution in [3.05, 3.63) is 35.0 Å². The van der Waals surface area contributed by atoms with Gasteiger partial charge in [-0.25, -0.2) is 4.79 Å². The average molecular weight is 317 g/mol. The minimum absolute atomic E-state index is 0.0710. The predicted molar refractivity (Wildman–Crippen MR) is 84.6 cm³/mol. The molecule has 0 aromatic heterocycles. The van der Waals surface area contributed by atoms with Crippen LogP contribution in [-0.4, -0.2) is 23.3 Å². The topological polar surface area (TPSA) is 103 Å². The Bertz CT molecular complexity index is 652. The summed E-state index contributed by atoms with van der Waals surface area (Å²) in [5.41, 5.74) is 1.92. The van der Waals surface area contributed by atoms with Gasteiger partial charge in [-0.2, -0.15) is 5.17 Å². The van der Waals surface area contributed by atoms with Crippen LogP contribution in [0.25, 0.3) is 0 Å². The van der Waals surface area contributed by atoms with Crippen molar-refractivity contribution in [2.24, 2.45) is 11.0 Å². The van der Waals surface area contributed by atoms with Crippen LogP contribution in [-0.2, 0) is 14.4 Å². The largest absolute Gasteiger partial charge is 0.599 e. The molecule has 0 spiro atoms. The summed E-state index contributed by atoms with van der Waals surface area (Å²) in [4.78, 5) is 33.9. The van der Waals surface area contributed by atoms with Crippen molar-refractivity contribution in [2.45, 2.75) is 33.1 Å². The van der Waals surface area contributed by atoms with Gasteiger partial charge in [0.05, 0.1) is 12.8 Å². The summed E-state index contributed by atoms with van der Waals surface area (Å²) in [5, 5.41) is 17.4. The first kappa shape index (κ1) is 17.0. The van der Waals surface area contributed by atoms with Gasteiger partial charge in [-0.3, -0.25) is 9.59 Å². The van der Waals surface area contributed by atoms with Gasteiger partial charge in [-0.1, -0.05) is 24.2 Å². The third-order valence-electron chi connectivity index (χ3n) is 3.65. The second kappa shape index (κ2) is 7.26. The van der Waals surface area contributed by atoms with Crippen LogP contribution in [0.1, 0.15) is 38.7 Å². The Kier molecular flexibility index (Phi) is 5.36. The molecule has 0 radical (unpaired) electrons. The molecule has 0 saturated heterocycles. The Labute approximate surface area is 133 Å². The van der Waals surface area contributed by atoms with Crippen LogP contribution in [0.5, 0.6) is 0 Å². The Morgan fingerprint density at radius 2 is 2.00 bits per heavy atom. The van der Waals surface area contributed by atoms with Gasteiger partial charge >= 0.3 is 5.91 Å². The molecule has 1 aliphatic rings. The highest BCUT2D eigenvalue weighted by atomic mass is 16.5. The molecular formula is C16H19N3O4. The second-order valence-corrected chi connectivity index (χ2v) is 5.54. The van der Waals surface area contributed by atoms with E-state index < -0.39 is 11.1 Å². The lowest BCUT2D eigenvalue weighted by atomic mass is 9.90. The zero-order valence-electron chi connectivity index (χ0n) is 13.1. The first-order chi connectivity index (χ1) is 10.9. The molecule has 0 saturated carbocycles. The lowest BCUT2D eigenvalue weighted by Gasteiger charge is -2.25. The van der Waals surface area contributed by atoms with E-state index in [0.717, 1.165) is 12.0 Å². The van der Waals surface area contributed by atoms with E-state index >= 15 is 0 Å². The Morgan fingerprint density at radius 3 is 2.57 bits per heavy atom.